The third kappa shape index (κ3) is 0.997. The molecule has 3 aromatic rings. The van der Waals surface area contributed by atoms with E-state index < -0.39 is 0 Å². The Morgan fingerprint density at radius 3 is 2.81 bits per heavy atom. The highest BCUT2D eigenvalue weighted by Crippen LogP contribution is 2.24. The topological polar surface area (TPSA) is 72.4 Å². The Labute approximate surface area is 90.1 Å². The van der Waals surface area contributed by atoms with E-state index in [0.717, 1.165) is 16.3 Å². The van der Waals surface area contributed by atoms with Crippen LogP contribution in [0.1, 0.15) is 5.56 Å². The minimum absolute atomic E-state index is 0.133. The molecule has 0 radical (unpaired) electrons. The number of para-hydroxylation sites is 1. The van der Waals surface area contributed by atoms with Crippen molar-refractivity contribution in [1.82, 2.24) is 9.97 Å². The molecule has 76 valence electrons. The number of nitriles is 1. The number of pyridine rings is 1. The molecule has 0 aliphatic heterocycles. The van der Waals surface area contributed by atoms with Crippen LogP contribution in [0.3, 0.4) is 0 Å². The van der Waals surface area contributed by atoms with Crippen molar-refractivity contribution >= 4 is 21.8 Å². The van der Waals surface area contributed by atoms with Gasteiger partial charge in [0, 0.05) is 22.5 Å². The molecule has 0 fully saturated rings. The summed E-state index contributed by atoms with van der Waals surface area (Å²) >= 11 is 0. The van der Waals surface area contributed by atoms with Crippen LogP contribution in [0.5, 0.6) is 0 Å². The molecule has 0 saturated heterocycles. The first-order chi connectivity index (χ1) is 7.81. The fraction of sp³-hybridized carbons (Fsp3) is 0. The number of rotatable bonds is 0. The van der Waals surface area contributed by atoms with Gasteiger partial charge in [0.25, 0.3) is 5.56 Å². The van der Waals surface area contributed by atoms with E-state index in [1.807, 2.05) is 30.3 Å². The Hall–Kier alpha value is -2.54. The summed E-state index contributed by atoms with van der Waals surface area (Å²) in [4.78, 5) is 17.1. The van der Waals surface area contributed by atoms with E-state index in [9.17, 15) is 4.79 Å². The van der Waals surface area contributed by atoms with Crippen LogP contribution >= 0.6 is 0 Å². The number of benzene rings is 1. The van der Waals surface area contributed by atoms with Crippen molar-refractivity contribution in [1.29, 1.82) is 5.26 Å². The van der Waals surface area contributed by atoms with Gasteiger partial charge in [-0.2, -0.15) is 5.26 Å². The first kappa shape index (κ1) is 8.74. The molecule has 16 heavy (non-hydrogen) atoms. The molecule has 2 aromatic heterocycles. The zero-order valence-electron chi connectivity index (χ0n) is 8.24. The summed E-state index contributed by atoms with van der Waals surface area (Å²) in [6.45, 7) is 0. The van der Waals surface area contributed by atoms with Crippen molar-refractivity contribution in [3.63, 3.8) is 0 Å². The van der Waals surface area contributed by atoms with E-state index in [0.29, 0.717) is 5.52 Å². The minimum Gasteiger partial charge on any atom is -0.353 e. The van der Waals surface area contributed by atoms with Crippen LogP contribution in [-0.2, 0) is 0 Å². The van der Waals surface area contributed by atoms with Gasteiger partial charge in [0.1, 0.15) is 11.6 Å². The summed E-state index contributed by atoms with van der Waals surface area (Å²) < 4.78 is 0. The standard InChI is InChI=1S/C12H7N3O/c13-5-8-11-9(6-14-12(8)16)7-3-1-2-4-10(7)15-11/h1-4,6,15H,(H,14,16). The molecular weight excluding hydrogens is 202 g/mol. The second-order valence-corrected chi connectivity index (χ2v) is 3.56. The fourth-order valence-corrected chi connectivity index (χ4v) is 1.94. The molecule has 2 N–H and O–H groups in total. The normalized spacial score (nSPS) is 10.7. The average molecular weight is 209 g/mol. The largest absolute Gasteiger partial charge is 0.353 e. The van der Waals surface area contributed by atoms with Crippen LogP contribution in [0.25, 0.3) is 21.8 Å². The van der Waals surface area contributed by atoms with Crippen molar-refractivity contribution in [3.8, 4) is 6.07 Å². The van der Waals surface area contributed by atoms with Crippen LogP contribution < -0.4 is 5.56 Å². The van der Waals surface area contributed by atoms with Crippen molar-refractivity contribution in [2.24, 2.45) is 0 Å². The van der Waals surface area contributed by atoms with E-state index in [4.69, 9.17) is 5.26 Å². The molecule has 4 heteroatoms. The van der Waals surface area contributed by atoms with Gasteiger partial charge < -0.3 is 9.97 Å². The van der Waals surface area contributed by atoms with Crippen LogP contribution in [0.2, 0.25) is 0 Å². The van der Waals surface area contributed by atoms with E-state index in [2.05, 4.69) is 9.97 Å². The second kappa shape index (κ2) is 2.97. The lowest BCUT2D eigenvalue weighted by molar-refractivity contribution is 1.24. The number of aromatic amines is 2. The number of H-pyrrole nitrogens is 2. The third-order valence-corrected chi connectivity index (χ3v) is 2.68. The van der Waals surface area contributed by atoms with Gasteiger partial charge in [-0.15, -0.1) is 0 Å². The van der Waals surface area contributed by atoms with Gasteiger partial charge in [-0.3, -0.25) is 4.79 Å². The average Bonchev–Trinajstić information content (AvgIpc) is 2.67. The van der Waals surface area contributed by atoms with Gasteiger partial charge in [0.2, 0.25) is 0 Å². The van der Waals surface area contributed by atoms with Gasteiger partial charge >= 0.3 is 0 Å². The van der Waals surface area contributed by atoms with Crippen LogP contribution in [-0.4, -0.2) is 9.97 Å². The first-order valence-corrected chi connectivity index (χ1v) is 4.83. The maximum Gasteiger partial charge on any atom is 0.268 e. The number of fused-ring (bicyclic) bond motifs is 3. The quantitative estimate of drug-likeness (QED) is 0.593. The van der Waals surface area contributed by atoms with Crippen molar-refractivity contribution in [2.45, 2.75) is 0 Å². The Kier molecular flexibility index (Phi) is 1.62. The Morgan fingerprint density at radius 1 is 1.19 bits per heavy atom. The van der Waals surface area contributed by atoms with Gasteiger partial charge in [0.15, 0.2) is 0 Å². The molecular formula is C12H7N3O. The zero-order chi connectivity index (χ0) is 11.1. The third-order valence-electron chi connectivity index (χ3n) is 2.68. The lowest BCUT2D eigenvalue weighted by Crippen LogP contribution is -2.08. The highest BCUT2D eigenvalue weighted by atomic mass is 16.1. The predicted octanol–water partition coefficient (Wildman–Crippen LogP) is 1.88. The lowest BCUT2D eigenvalue weighted by atomic mass is 10.1. The number of nitrogens with one attached hydrogen (secondary N) is 2. The molecule has 0 spiro atoms. The molecule has 1 aromatic carbocycles. The minimum atomic E-state index is -0.360. The van der Waals surface area contributed by atoms with Crippen LogP contribution in [0, 0.1) is 11.3 Å². The Balaban J connectivity index is 2.65. The molecule has 3 rings (SSSR count). The second-order valence-electron chi connectivity index (χ2n) is 3.56. The van der Waals surface area contributed by atoms with Gasteiger partial charge in [0.05, 0.1) is 5.52 Å². The molecule has 2 heterocycles. The number of hydrogen-bond acceptors (Lipinski definition) is 2. The van der Waals surface area contributed by atoms with E-state index in [1.165, 1.54) is 0 Å². The van der Waals surface area contributed by atoms with Crippen LogP contribution in [0.15, 0.2) is 35.3 Å². The molecule has 0 unspecified atom stereocenters. The Morgan fingerprint density at radius 2 is 2.00 bits per heavy atom. The molecule has 0 atom stereocenters. The van der Waals surface area contributed by atoms with E-state index in [-0.39, 0.29) is 11.1 Å². The van der Waals surface area contributed by atoms with Crippen molar-refractivity contribution in [2.75, 3.05) is 0 Å². The summed E-state index contributed by atoms with van der Waals surface area (Å²) in [6, 6.07) is 9.63. The summed E-state index contributed by atoms with van der Waals surface area (Å²) in [7, 11) is 0. The van der Waals surface area contributed by atoms with Gasteiger partial charge in [-0.25, -0.2) is 0 Å². The summed E-state index contributed by atoms with van der Waals surface area (Å²) in [5.74, 6) is 0. The van der Waals surface area contributed by atoms with Gasteiger partial charge in [-0.1, -0.05) is 18.2 Å². The highest BCUT2D eigenvalue weighted by molar-refractivity contribution is 6.08. The zero-order valence-corrected chi connectivity index (χ0v) is 8.24. The highest BCUT2D eigenvalue weighted by Gasteiger charge is 2.10. The first-order valence-electron chi connectivity index (χ1n) is 4.83. The summed E-state index contributed by atoms with van der Waals surface area (Å²) in [5, 5.41) is 10.8. The predicted molar refractivity (Wildman–Crippen MR) is 61.1 cm³/mol. The van der Waals surface area contributed by atoms with Crippen molar-refractivity contribution in [3.05, 3.63) is 46.4 Å². The van der Waals surface area contributed by atoms with Crippen LogP contribution in [0.4, 0.5) is 0 Å². The molecule has 0 aliphatic rings. The SMILES string of the molecule is N#Cc1c(=O)[nH]cc2c1[nH]c1ccccc12. The number of aromatic nitrogens is 2. The number of nitrogens with zero attached hydrogens (tertiary/aromatic N) is 1. The number of hydrogen-bond donors (Lipinski definition) is 2. The Bertz CT molecular complexity index is 789. The summed E-state index contributed by atoms with van der Waals surface area (Å²) in [5.41, 5.74) is 1.30. The van der Waals surface area contributed by atoms with E-state index >= 15 is 0 Å². The fourth-order valence-electron chi connectivity index (χ4n) is 1.94. The molecule has 0 saturated carbocycles. The monoisotopic (exact) mass is 209 g/mol. The summed E-state index contributed by atoms with van der Waals surface area (Å²) in [6.07, 6.45) is 1.64. The molecule has 0 amide bonds. The molecule has 4 nitrogen and oxygen atoms in total. The smallest absolute Gasteiger partial charge is 0.268 e. The van der Waals surface area contributed by atoms with Crippen molar-refractivity contribution < 1.29 is 0 Å². The van der Waals surface area contributed by atoms with E-state index in [1.54, 1.807) is 6.20 Å². The lowest BCUT2D eigenvalue weighted by Gasteiger charge is -1.91. The van der Waals surface area contributed by atoms with Gasteiger partial charge in [-0.05, 0) is 6.07 Å². The molecule has 0 aliphatic carbocycles. The molecule has 0 bridgehead atoms. The maximum atomic E-state index is 11.4. The maximum absolute atomic E-state index is 11.4.